The molecule has 0 saturated carbocycles. The average Bonchev–Trinajstić information content (AvgIpc) is 1.46. The summed E-state index contributed by atoms with van der Waals surface area (Å²) in [5.74, 6) is 0. The van der Waals surface area contributed by atoms with Crippen LogP contribution in [0.25, 0.3) is 0 Å². The molecule has 0 aromatic heterocycles. The van der Waals surface area contributed by atoms with Crippen molar-refractivity contribution >= 4 is 9.12 Å². The van der Waals surface area contributed by atoms with Crippen LogP contribution < -0.4 is 5.32 Å². The van der Waals surface area contributed by atoms with Crippen LogP contribution in [-0.2, 0) is 4.57 Å². The van der Waals surface area contributed by atoms with E-state index in [0.29, 0.717) is 9.12 Å². The van der Waals surface area contributed by atoms with Crippen LogP contribution in [0.1, 0.15) is 0 Å². The normalized spacial score (nSPS) is 5.20. The lowest BCUT2D eigenvalue weighted by atomic mass is 11.3. The molecule has 1 N–H and O–H groups in total. The summed E-state index contributed by atoms with van der Waals surface area (Å²) in [4.78, 5) is 0. The third kappa shape index (κ3) is 557. The SMILES string of the molecule is CNC.O=[PH3]. The van der Waals surface area contributed by atoms with Gasteiger partial charge in [0.05, 0.1) is 9.12 Å². The minimum absolute atomic E-state index is 0.611. The third-order valence-electron chi connectivity index (χ3n) is 0. The Morgan fingerprint density at radius 1 is 1.40 bits per heavy atom. The molecule has 0 rings (SSSR count). The van der Waals surface area contributed by atoms with Gasteiger partial charge in [0, 0.05) is 0 Å². The van der Waals surface area contributed by atoms with Gasteiger partial charge in [-0.15, -0.1) is 0 Å². The van der Waals surface area contributed by atoms with Crippen molar-refractivity contribution in [2.75, 3.05) is 14.1 Å². The zero-order chi connectivity index (χ0) is 4.71. The standard InChI is InChI=1S/C2H7N.H3OP/c1-3-2;1-2/h3H,1-2H3;2H3. The van der Waals surface area contributed by atoms with Crippen molar-refractivity contribution in [3.8, 4) is 0 Å². The van der Waals surface area contributed by atoms with Gasteiger partial charge in [-0.3, -0.25) is 0 Å². The molecule has 0 fully saturated rings. The number of nitrogens with one attached hydrogen (secondary N) is 1. The maximum Gasteiger partial charge on any atom is 0.0527 e. The van der Waals surface area contributed by atoms with E-state index >= 15 is 0 Å². The first kappa shape index (κ1) is 8.95. The first-order chi connectivity index (χ1) is 2.41. The molecule has 0 heterocycles. The molecule has 0 saturated heterocycles. The molecule has 0 bridgehead atoms. The summed E-state index contributed by atoms with van der Waals surface area (Å²) < 4.78 is 8.28. The van der Waals surface area contributed by atoms with Crippen LogP contribution >= 0.6 is 9.12 Å². The smallest absolute Gasteiger partial charge is 0.0527 e. The predicted octanol–water partition coefficient (Wildman–Crippen LogP) is -0.225. The molecular formula is C2H10NOP. The summed E-state index contributed by atoms with van der Waals surface area (Å²) in [7, 11) is 4.36. The maximum atomic E-state index is 8.28. The van der Waals surface area contributed by atoms with Gasteiger partial charge < -0.3 is 9.88 Å². The zero-order valence-corrected chi connectivity index (χ0v) is 5.03. The minimum Gasteiger partial charge on any atom is -0.333 e. The Kier molecular flexibility index (Phi) is 53.9. The molecule has 0 aromatic rings. The molecule has 0 radical (unpaired) electrons. The predicted molar refractivity (Wildman–Crippen MR) is 26.8 cm³/mol. The molecule has 2 nitrogen and oxygen atoms in total. The van der Waals surface area contributed by atoms with Gasteiger partial charge in [-0.2, -0.15) is 0 Å². The molecule has 0 aliphatic rings. The van der Waals surface area contributed by atoms with E-state index < -0.39 is 0 Å². The number of rotatable bonds is 0. The topological polar surface area (TPSA) is 29.1 Å². The van der Waals surface area contributed by atoms with Crippen molar-refractivity contribution in [2.45, 2.75) is 0 Å². The third-order valence-corrected chi connectivity index (χ3v) is 0. The van der Waals surface area contributed by atoms with Crippen LogP contribution in [0.2, 0.25) is 0 Å². The Morgan fingerprint density at radius 3 is 1.40 bits per heavy atom. The summed E-state index contributed by atoms with van der Waals surface area (Å²) in [6, 6.07) is 0. The molecule has 3 heteroatoms. The fourth-order valence-electron chi connectivity index (χ4n) is 0. The highest BCUT2D eigenvalue weighted by Gasteiger charge is 1.25. The van der Waals surface area contributed by atoms with Crippen molar-refractivity contribution in [3.63, 3.8) is 0 Å². The second kappa shape index (κ2) is 30.1. The van der Waals surface area contributed by atoms with Crippen molar-refractivity contribution in [1.82, 2.24) is 5.32 Å². The average molecular weight is 95.1 g/mol. The molecule has 1 atom stereocenters. The van der Waals surface area contributed by atoms with Gasteiger partial charge in [0.1, 0.15) is 0 Å². The summed E-state index contributed by atoms with van der Waals surface area (Å²) in [6.07, 6.45) is 0. The Balaban J connectivity index is 0. The number of hydrogen-bond acceptors (Lipinski definition) is 2. The highest BCUT2D eigenvalue weighted by atomic mass is 31.0. The van der Waals surface area contributed by atoms with Gasteiger partial charge in [-0.25, -0.2) is 0 Å². The van der Waals surface area contributed by atoms with E-state index in [2.05, 4.69) is 5.32 Å². The fourth-order valence-corrected chi connectivity index (χ4v) is 0. The lowest BCUT2D eigenvalue weighted by Crippen LogP contribution is -1.89. The Labute approximate surface area is 34.2 Å². The Bertz CT molecular complexity index is 13.6. The molecule has 0 amide bonds. The van der Waals surface area contributed by atoms with Crippen LogP contribution in [0.5, 0.6) is 0 Å². The van der Waals surface area contributed by atoms with Crippen molar-refractivity contribution in [2.24, 2.45) is 0 Å². The van der Waals surface area contributed by atoms with Crippen molar-refractivity contribution < 1.29 is 4.57 Å². The molecule has 0 spiro atoms. The van der Waals surface area contributed by atoms with E-state index in [9.17, 15) is 0 Å². The maximum absolute atomic E-state index is 8.28. The number of hydrogen-bond donors (Lipinski definition) is 1. The summed E-state index contributed by atoms with van der Waals surface area (Å²) >= 11 is 0. The molecule has 1 unspecified atom stereocenters. The van der Waals surface area contributed by atoms with Gasteiger partial charge in [0.15, 0.2) is 0 Å². The van der Waals surface area contributed by atoms with E-state index in [1.54, 1.807) is 0 Å². The van der Waals surface area contributed by atoms with Crippen LogP contribution in [0, 0.1) is 0 Å². The van der Waals surface area contributed by atoms with Gasteiger partial charge in [0.2, 0.25) is 0 Å². The van der Waals surface area contributed by atoms with Crippen molar-refractivity contribution in [3.05, 3.63) is 0 Å². The first-order valence-corrected chi connectivity index (χ1v) is 1.87. The molecule has 5 heavy (non-hydrogen) atoms. The first-order valence-electron chi connectivity index (χ1n) is 1.29. The van der Waals surface area contributed by atoms with Gasteiger partial charge in [0.25, 0.3) is 0 Å². The fraction of sp³-hybridized carbons (Fsp3) is 1.00. The van der Waals surface area contributed by atoms with Gasteiger partial charge >= 0.3 is 0 Å². The summed E-state index contributed by atoms with van der Waals surface area (Å²) in [5.41, 5.74) is 0. The van der Waals surface area contributed by atoms with Crippen LogP contribution in [0.4, 0.5) is 0 Å². The molecule has 0 aromatic carbocycles. The van der Waals surface area contributed by atoms with E-state index in [-0.39, 0.29) is 0 Å². The summed E-state index contributed by atoms with van der Waals surface area (Å²) in [5, 5.41) is 2.75. The molecule has 0 aliphatic carbocycles. The van der Waals surface area contributed by atoms with Crippen LogP contribution in [0.15, 0.2) is 0 Å². The van der Waals surface area contributed by atoms with E-state index in [1.165, 1.54) is 0 Å². The highest BCUT2D eigenvalue weighted by molar-refractivity contribution is 7.00. The quantitative estimate of drug-likeness (QED) is 0.421. The van der Waals surface area contributed by atoms with Crippen LogP contribution in [-0.4, -0.2) is 14.1 Å². The molecule has 34 valence electrons. The lowest BCUT2D eigenvalue weighted by molar-refractivity contribution is 0.607. The van der Waals surface area contributed by atoms with Gasteiger partial charge in [-0.1, -0.05) is 0 Å². The van der Waals surface area contributed by atoms with Gasteiger partial charge in [-0.05, 0) is 14.1 Å². The highest BCUT2D eigenvalue weighted by Crippen LogP contribution is 1.23. The second-order valence-corrected chi connectivity index (χ2v) is 0.500. The Hall–Kier alpha value is 0.190. The van der Waals surface area contributed by atoms with E-state index in [0.717, 1.165) is 0 Å². The summed E-state index contributed by atoms with van der Waals surface area (Å²) in [6.45, 7) is 0. The lowest BCUT2D eigenvalue weighted by Gasteiger charge is -1.59. The monoisotopic (exact) mass is 95.1 g/mol. The minimum atomic E-state index is 0.611. The second-order valence-electron chi connectivity index (χ2n) is 0.500. The zero-order valence-electron chi connectivity index (χ0n) is 3.62. The van der Waals surface area contributed by atoms with Crippen LogP contribution in [0.3, 0.4) is 0 Å². The molecule has 0 aliphatic heterocycles. The Morgan fingerprint density at radius 2 is 1.40 bits per heavy atom. The van der Waals surface area contributed by atoms with E-state index in [1.807, 2.05) is 14.1 Å². The van der Waals surface area contributed by atoms with Crippen molar-refractivity contribution in [1.29, 1.82) is 0 Å². The molecular weight excluding hydrogens is 85.0 g/mol. The largest absolute Gasteiger partial charge is 0.333 e. The van der Waals surface area contributed by atoms with E-state index in [4.69, 9.17) is 4.57 Å².